The third-order valence-electron chi connectivity index (χ3n) is 3.02. The van der Waals surface area contributed by atoms with Crippen LogP contribution in [0.4, 0.5) is 0 Å². The molecule has 0 fully saturated rings. The highest BCUT2D eigenvalue weighted by Crippen LogP contribution is 2.33. The average molecular weight is 331 g/mol. The second-order valence-corrected chi connectivity index (χ2v) is 5.57. The first-order valence-electron chi connectivity index (χ1n) is 6.40. The number of rotatable bonds is 5. The number of carbonyl (C=O) groups is 2. The highest BCUT2D eigenvalue weighted by molar-refractivity contribution is 6.37. The quantitative estimate of drug-likeness (QED) is 0.368. The van der Waals surface area contributed by atoms with Crippen molar-refractivity contribution in [3.05, 3.63) is 38.9 Å². The van der Waals surface area contributed by atoms with Crippen LogP contribution in [0.25, 0.3) is 5.76 Å². The van der Waals surface area contributed by atoms with E-state index in [4.69, 9.17) is 23.2 Å². The van der Waals surface area contributed by atoms with E-state index in [1.54, 1.807) is 13.8 Å². The molecule has 6 heteroatoms. The Balaban J connectivity index is 3.59. The van der Waals surface area contributed by atoms with Crippen LogP contribution in [0.15, 0.2) is 17.7 Å². The lowest BCUT2D eigenvalue weighted by molar-refractivity contribution is -0.135. The Bertz CT molecular complexity index is 618. The Labute approximate surface area is 133 Å². The molecule has 1 aromatic carbocycles. The minimum Gasteiger partial charge on any atom is -0.506 e. The van der Waals surface area contributed by atoms with E-state index < -0.39 is 29.0 Å². The van der Waals surface area contributed by atoms with Gasteiger partial charge in [-0.05, 0) is 24.1 Å². The van der Waals surface area contributed by atoms with Crippen molar-refractivity contribution in [1.29, 1.82) is 0 Å². The van der Waals surface area contributed by atoms with Crippen LogP contribution in [0.3, 0.4) is 0 Å². The van der Waals surface area contributed by atoms with Gasteiger partial charge < -0.3 is 10.2 Å². The largest absolute Gasteiger partial charge is 0.506 e. The van der Waals surface area contributed by atoms with Crippen molar-refractivity contribution in [2.24, 2.45) is 5.92 Å². The molecular formula is C15H16Cl2O4. The first kappa shape index (κ1) is 17.5. The molecule has 2 N–H and O–H groups in total. The number of Topliss-reactive ketones (excluding diaryl/α,β-unsaturated/α-hetero) is 1. The number of aliphatic hydroxyl groups is 1. The van der Waals surface area contributed by atoms with Crippen LogP contribution in [-0.2, 0) is 16.0 Å². The summed E-state index contributed by atoms with van der Waals surface area (Å²) in [6, 6.07) is 2.91. The molecule has 1 aromatic rings. The number of carboxylic acid groups (broad SMARTS) is 1. The number of ketones is 1. The van der Waals surface area contributed by atoms with E-state index in [2.05, 4.69) is 0 Å². The second kappa shape index (κ2) is 6.96. The smallest absolute Gasteiger partial charge is 0.343 e. The summed E-state index contributed by atoms with van der Waals surface area (Å²) in [5, 5.41) is 20.0. The molecule has 0 heterocycles. The summed E-state index contributed by atoms with van der Waals surface area (Å²) in [7, 11) is 0. The number of aliphatic hydroxyl groups excluding tert-OH is 1. The van der Waals surface area contributed by atoms with Crippen molar-refractivity contribution in [2.75, 3.05) is 0 Å². The molecule has 1 rings (SSSR count). The number of hydrogen-bond donors (Lipinski definition) is 2. The SMILES string of the molecule is CCc1c(Cl)ccc(C(O)=C(C(=O)O)C(=O)C(C)C)c1Cl. The van der Waals surface area contributed by atoms with Gasteiger partial charge >= 0.3 is 5.97 Å². The minimum absolute atomic E-state index is 0.0873. The number of aliphatic carboxylic acids is 1. The molecule has 0 saturated heterocycles. The number of benzene rings is 1. The highest BCUT2D eigenvalue weighted by atomic mass is 35.5. The van der Waals surface area contributed by atoms with E-state index in [0.29, 0.717) is 17.0 Å². The minimum atomic E-state index is -1.49. The molecule has 21 heavy (non-hydrogen) atoms. The summed E-state index contributed by atoms with van der Waals surface area (Å²) in [6.45, 7) is 4.94. The zero-order chi connectivity index (χ0) is 16.3. The van der Waals surface area contributed by atoms with E-state index in [0.717, 1.165) is 0 Å². The molecule has 0 unspecified atom stereocenters. The van der Waals surface area contributed by atoms with Gasteiger partial charge in [0.15, 0.2) is 5.78 Å². The van der Waals surface area contributed by atoms with Gasteiger partial charge in [0.1, 0.15) is 11.3 Å². The van der Waals surface area contributed by atoms with Gasteiger partial charge in [-0.3, -0.25) is 4.79 Å². The molecule has 0 spiro atoms. The fourth-order valence-electron chi connectivity index (χ4n) is 1.85. The van der Waals surface area contributed by atoms with Gasteiger partial charge in [-0.1, -0.05) is 44.0 Å². The van der Waals surface area contributed by atoms with Gasteiger partial charge in [0.25, 0.3) is 0 Å². The summed E-state index contributed by atoms with van der Waals surface area (Å²) in [6.07, 6.45) is 0.513. The molecule has 0 aliphatic carbocycles. The number of halogens is 2. The molecule has 0 radical (unpaired) electrons. The predicted molar refractivity (Wildman–Crippen MR) is 82.9 cm³/mol. The van der Waals surface area contributed by atoms with Crippen molar-refractivity contribution in [2.45, 2.75) is 27.2 Å². The molecule has 0 atom stereocenters. The number of carbonyl (C=O) groups excluding carboxylic acids is 1. The topological polar surface area (TPSA) is 74.6 Å². The van der Waals surface area contributed by atoms with E-state index in [1.807, 2.05) is 6.92 Å². The molecular weight excluding hydrogens is 315 g/mol. The van der Waals surface area contributed by atoms with Crippen LogP contribution in [-0.4, -0.2) is 22.0 Å². The Morgan fingerprint density at radius 1 is 1.19 bits per heavy atom. The lowest BCUT2D eigenvalue weighted by atomic mass is 9.96. The van der Waals surface area contributed by atoms with Gasteiger partial charge in [0.2, 0.25) is 0 Å². The maximum Gasteiger partial charge on any atom is 0.343 e. The number of carboxylic acids is 1. The Morgan fingerprint density at radius 3 is 2.19 bits per heavy atom. The van der Waals surface area contributed by atoms with Crippen LogP contribution in [0.1, 0.15) is 31.9 Å². The fourth-order valence-corrected chi connectivity index (χ4v) is 2.58. The lowest BCUT2D eigenvalue weighted by Crippen LogP contribution is -2.19. The molecule has 0 saturated carbocycles. The van der Waals surface area contributed by atoms with Gasteiger partial charge in [0.05, 0.1) is 5.02 Å². The van der Waals surface area contributed by atoms with Crippen molar-refractivity contribution < 1.29 is 19.8 Å². The summed E-state index contributed by atoms with van der Waals surface area (Å²) in [5.74, 6) is -3.35. The molecule has 0 aliphatic heterocycles. The molecule has 0 bridgehead atoms. The standard InChI is InChI=1S/C15H16Cl2O4/c1-4-8-10(16)6-5-9(12(8)17)14(19)11(15(20)21)13(18)7(2)3/h5-7,19H,4H2,1-3H3,(H,20,21). The zero-order valence-electron chi connectivity index (χ0n) is 11.9. The zero-order valence-corrected chi connectivity index (χ0v) is 13.4. The van der Waals surface area contributed by atoms with E-state index in [-0.39, 0.29) is 10.6 Å². The number of hydrogen-bond acceptors (Lipinski definition) is 3. The molecule has 0 aromatic heterocycles. The predicted octanol–water partition coefficient (Wildman–Crippen LogP) is 4.13. The molecule has 114 valence electrons. The summed E-state index contributed by atoms with van der Waals surface area (Å²) >= 11 is 12.2. The maximum atomic E-state index is 12.0. The second-order valence-electron chi connectivity index (χ2n) is 4.79. The van der Waals surface area contributed by atoms with Crippen molar-refractivity contribution >= 4 is 40.7 Å². The Hall–Kier alpha value is -1.52. The third kappa shape index (κ3) is 3.57. The molecule has 4 nitrogen and oxygen atoms in total. The highest BCUT2D eigenvalue weighted by Gasteiger charge is 2.27. The average Bonchev–Trinajstić information content (AvgIpc) is 2.38. The van der Waals surface area contributed by atoms with Crippen LogP contribution in [0.5, 0.6) is 0 Å². The Morgan fingerprint density at radius 2 is 1.76 bits per heavy atom. The first-order chi connectivity index (χ1) is 9.72. The van der Waals surface area contributed by atoms with Gasteiger partial charge in [0, 0.05) is 16.5 Å². The molecule has 0 aliphatic rings. The van der Waals surface area contributed by atoms with Gasteiger partial charge in [-0.2, -0.15) is 0 Å². The van der Waals surface area contributed by atoms with Crippen LogP contribution in [0, 0.1) is 5.92 Å². The fraction of sp³-hybridized carbons (Fsp3) is 0.333. The van der Waals surface area contributed by atoms with Crippen LogP contribution < -0.4 is 0 Å². The maximum absolute atomic E-state index is 12.0. The van der Waals surface area contributed by atoms with E-state index in [9.17, 15) is 19.8 Å². The monoisotopic (exact) mass is 330 g/mol. The van der Waals surface area contributed by atoms with Crippen molar-refractivity contribution in [3.63, 3.8) is 0 Å². The van der Waals surface area contributed by atoms with Crippen LogP contribution in [0.2, 0.25) is 10.0 Å². The molecule has 0 amide bonds. The van der Waals surface area contributed by atoms with Gasteiger partial charge in [-0.25, -0.2) is 4.79 Å². The Kier molecular flexibility index (Phi) is 5.81. The summed E-state index contributed by atoms with van der Waals surface area (Å²) in [4.78, 5) is 23.2. The van der Waals surface area contributed by atoms with Crippen LogP contribution >= 0.6 is 23.2 Å². The van der Waals surface area contributed by atoms with Gasteiger partial charge in [-0.15, -0.1) is 0 Å². The van der Waals surface area contributed by atoms with Crippen molar-refractivity contribution in [3.8, 4) is 0 Å². The van der Waals surface area contributed by atoms with E-state index >= 15 is 0 Å². The normalized spacial score (nSPS) is 12.3. The van der Waals surface area contributed by atoms with Crippen molar-refractivity contribution in [1.82, 2.24) is 0 Å². The summed E-state index contributed by atoms with van der Waals surface area (Å²) in [5.41, 5.74) is 0.00436. The third-order valence-corrected chi connectivity index (χ3v) is 3.80. The summed E-state index contributed by atoms with van der Waals surface area (Å²) < 4.78 is 0. The first-order valence-corrected chi connectivity index (χ1v) is 7.15. The lowest BCUT2D eigenvalue weighted by Gasteiger charge is -2.13. The van der Waals surface area contributed by atoms with E-state index in [1.165, 1.54) is 12.1 Å².